The van der Waals surface area contributed by atoms with E-state index in [1.54, 1.807) is 0 Å². The zero-order valence-electron chi connectivity index (χ0n) is 23.5. The van der Waals surface area contributed by atoms with Gasteiger partial charge in [-0.25, -0.2) is 0 Å². The average Bonchev–Trinajstić information content (AvgIpc) is 2.74. The molecular weight excluding hydrogens is 464 g/mol. The molecule has 0 radical (unpaired) electrons. The third-order valence-corrected chi connectivity index (χ3v) is 16.5. The van der Waals surface area contributed by atoms with Crippen LogP contribution < -0.4 is 0 Å². The smallest absolute Gasteiger partial charge is 0.192 e. The highest BCUT2D eigenvalue weighted by Gasteiger charge is 2.38. The fourth-order valence-corrected chi connectivity index (χ4v) is 4.84. The summed E-state index contributed by atoms with van der Waals surface area (Å²) in [5.74, 6) is 6.56. The van der Waals surface area contributed by atoms with E-state index in [1.807, 2.05) is 24.3 Å². The van der Waals surface area contributed by atoms with Crippen molar-refractivity contribution in [1.82, 2.24) is 0 Å². The van der Waals surface area contributed by atoms with Gasteiger partial charge in [0.2, 0.25) is 0 Å². The average molecular weight is 509 g/mol. The van der Waals surface area contributed by atoms with E-state index in [4.69, 9.17) is 8.85 Å². The van der Waals surface area contributed by atoms with Crippen molar-refractivity contribution in [1.29, 1.82) is 0 Å². The second-order valence-corrected chi connectivity index (χ2v) is 22.0. The van der Waals surface area contributed by atoms with Crippen molar-refractivity contribution in [3.8, 4) is 11.8 Å². The van der Waals surface area contributed by atoms with Gasteiger partial charge in [0.1, 0.15) is 6.29 Å². The van der Waals surface area contributed by atoms with Crippen LogP contribution in [0.2, 0.25) is 36.3 Å². The normalized spacial score (nSPS) is 12.7. The van der Waals surface area contributed by atoms with Gasteiger partial charge in [0, 0.05) is 17.5 Å². The zero-order chi connectivity index (χ0) is 26.5. The molecule has 0 amide bonds. The van der Waals surface area contributed by atoms with Gasteiger partial charge in [-0.2, -0.15) is 0 Å². The lowest BCUT2D eigenvalue weighted by molar-refractivity contribution is -0.107. The standard InChI is InChI=1S/C30H44O3Si2/c1-29(2,3)34(7,8)32-22-27-17-16-26(15-14-24-12-11-13-25(20-24)18-19-31)21-28(27)23-33-35(9,10)30(4,5)6/h11-13,16-17,19-21H,18,22-23H2,1-10H3. The second kappa shape index (κ2) is 11.4. The fourth-order valence-electron chi connectivity index (χ4n) is 2.94. The van der Waals surface area contributed by atoms with Gasteiger partial charge in [-0.3, -0.25) is 0 Å². The van der Waals surface area contributed by atoms with Crippen molar-refractivity contribution >= 4 is 22.9 Å². The van der Waals surface area contributed by atoms with Crippen LogP contribution in [0.4, 0.5) is 0 Å². The summed E-state index contributed by atoms with van der Waals surface area (Å²) in [5.41, 5.74) is 5.17. The van der Waals surface area contributed by atoms with E-state index in [9.17, 15) is 4.79 Å². The second-order valence-electron chi connectivity index (χ2n) is 12.4. The van der Waals surface area contributed by atoms with Crippen LogP contribution in [0.25, 0.3) is 0 Å². The molecule has 0 atom stereocenters. The summed E-state index contributed by atoms with van der Waals surface area (Å²) in [5, 5.41) is 0.309. The molecule has 2 aromatic rings. The Morgan fingerprint density at radius 2 is 1.26 bits per heavy atom. The van der Waals surface area contributed by atoms with E-state index in [0.29, 0.717) is 19.6 Å². The van der Waals surface area contributed by atoms with Crippen molar-refractivity contribution in [3.05, 3.63) is 70.3 Å². The Morgan fingerprint density at radius 1 is 0.743 bits per heavy atom. The number of aldehydes is 1. The van der Waals surface area contributed by atoms with E-state index < -0.39 is 16.6 Å². The Morgan fingerprint density at radius 3 is 1.77 bits per heavy atom. The van der Waals surface area contributed by atoms with Crippen LogP contribution in [-0.4, -0.2) is 22.9 Å². The maximum atomic E-state index is 10.8. The number of rotatable bonds is 8. The first-order valence-corrected chi connectivity index (χ1v) is 18.3. The highest BCUT2D eigenvalue weighted by Crippen LogP contribution is 2.38. The number of carbonyl (C=O) groups excluding carboxylic acids is 1. The Kier molecular flexibility index (Phi) is 9.52. The first-order chi connectivity index (χ1) is 16.1. The van der Waals surface area contributed by atoms with Crippen molar-refractivity contribution < 1.29 is 13.6 Å². The minimum absolute atomic E-state index is 0.148. The molecule has 0 N–H and O–H groups in total. The molecule has 0 spiro atoms. The van der Waals surface area contributed by atoms with Gasteiger partial charge in [0.05, 0.1) is 13.2 Å². The van der Waals surface area contributed by atoms with E-state index in [2.05, 4.69) is 97.8 Å². The molecule has 35 heavy (non-hydrogen) atoms. The van der Waals surface area contributed by atoms with E-state index >= 15 is 0 Å². The third kappa shape index (κ3) is 8.29. The van der Waals surface area contributed by atoms with Gasteiger partial charge in [-0.1, -0.05) is 71.6 Å². The molecule has 2 rings (SSSR count). The SMILES string of the molecule is CC(C)(C)[Si](C)(C)OCc1ccc(C#Cc2cccc(CC=O)c2)cc1CO[Si](C)(C)C(C)(C)C. The lowest BCUT2D eigenvalue weighted by Gasteiger charge is -2.37. The van der Waals surface area contributed by atoms with Gasteiger partial charge in [-0.05, 0) is 77.2 Å². The third-order valence-electron chi connectivity index (χ3n) is 7.59. The maximum Gasteiger partial charge on any atom is 0.192 e. The lowest BCUT2D eigenvalue weighted by Crippen LogP contribution is -2.41. The first kappa shape index (κ1) is 29.3. The summed E-state index contributed by atoms with van der Waals surface area (Å²) in [6.07, 6.45) is 1.33. The highest BCUT2D eigenvalue weighted by molar-refractivity contribution is 6.74. The van der Waals surface area contributed by atoms with Crippen molar-refractivity contribution in [3.63, 3.8) is 0 Å². The Labute approximate surface area is 215 Å². The molecule has 0 aliphatic rings. The topological polar surface area (TPSA) is 35.5 Å². The van der Waals surface area contributed by atoms with Gasteiger partial charge in [0.25, 0.3) is 0 Å². The lowest BCUT2D eigenvalue weighted by atomic mass is 10.0. The van der Waals surface area contributed by atoms with Crippen LogP contribution in [0.1, 0.15) is 69.4 Å². The molecule has 0 aliphatic carbocycles. The number of carbonyl (C=O) groups is 1. The van der Waals surface area contributed by atoms with Crippen molar-refractivity contribution in [2.45, 2.75) is 97.4 Å². The number of hydrogen-bond acceptors (Lipinski definition) is 3. The monoisotopic (exact) mass is 508 g/mol. The number of hydrogen-bond donors (Lipinski definition) is 0. The van der Waals surface area contributed by atoms with Gasteiger partial charge in [0.15, 0.2) is 16.6 Å². The van der Waals surface area contributed by atoms with Crippen LogP contribution in [0.3, 0.4) is 0 Å². The zero-order valence-corrected chi connectivity index (χ0v) is 25.5. The molecule has 0 unspecified atom stereocenters. The quantitative estimate of drug-likeness (QED) is 0.207. The molecule has 5 heteroatoms. The van der Waals surface area contributed by atoms with E-state index in [0.717, 1.165) is 28.5 Å². The largest absolute Gasteiger partial charge is 0.413 e. The van der Waals surface area contributed by atoms with Crippen LogP contribution in [0.15, 0.2) is 42.5 Å². The van der Waals surface area contributed by atoms with Gasteiger partial charge < -0.3 is 13.6 Å². The summed E-state index contributed by atoms with van der Waals surface area (Å²) in [7, 11) is -3.77. The van der Waals surface area contributed by atoms with Crippen LogP contribution in [0, 0.1) is 11.8 Å². The predicted molar refractivity (Wildman–Crippen MR) is 153 cm³/mol. The summed E-state index contributed by atoms with van der Waals surface area (Å²) in [4.78, 5) is 10.8. The fraction of sp³-hybridized carbons (Fsp3) is 0.500. The van der Waals surface area contributed by atoms with Crippen LogP contribution >= 0.6 is 0 Å². The van der Waals surface area contributed by atoms with Gasteiger partial charge in [-0.15, -0.1) is 0 Å². The molecule has 0 aromatic heterocycles. The molecule has 0 saturated heterocycles. The first-order valence-electron chi connectivity index (χ1n) is 12.5. The molecule has 0 bridgehead atoms. The molecule has 0 heterocycles. The summed E-state index contributed by atoms with van der Waals surface area (Å²) >= 11 is 0. The van der Waals surface area contributed by atoms with Crippen LogP contribution in [0.5, 0.6) is 0 Å². The molecule has 0 fully saturated rings. The van der Waals surface area contributed by atoms with Crippen molar-refractivity contribution in [2.24, 2.45) is 0 Å². The molecule has 190 valence electrons. The van der Waals surface area contributed by atoms with E-state index in [1.165, 1.54) is 5.56 Å². The number of benzene rings is 2. The summed E-state index contributed by atoms with van der Waals surface area (Å²) < 4.78 is 13.1. The highest BCUT2D eigenvalue weighted by atomic mass is 28.4. The maximum absolute atomic E-state index is 10.8. The summed E-state index contributed by atoms with van der Waals surface area (Å²) in [6.45, 7) is 23.9. The Balaban J connectivity index is 2.35. The van der Waals surface area contributed by atoms with E-state index in [-0.39, 0.29) is 10.1 Å². The molecule has 0 saturated carbocycles. The van der Waals surface area contributed by atoms with Crippen molar-refractivity contribution in [2.75, 3.05) is 0 Å². The molecule has 2 aromatic carbocycles. The Bertz CT molecular complexity index is 1080. The molecule has 0 aliphatic heterocycles. The van der Waals surface area contributed by atoms with Crippen LogP contribution in [-0.2, 0) is 33.3 Å². The Hall–Kier alpha value is -1.98. The minimum Gasteiger partial charge on any atom is -0.413 e. The summed E-state index contributed by atoms with van der Waals surface area (Å²) in [6, 6.07) is 14.2. The van der Waals surface area contributed by atoms with Gasteiger partial charge >= 0.3 is 0 Å². The molecular formula is C30H44O3Si2. The predicted octanol–water partition coefficient (Wildman–Crippen LogP) is 7.87. The molecule has 3 nitrogen and oxygen atoms in total. The minimum atomic E-state index is -1.90.